The van der Waals surface area contributed by atoms with E-state index in [1.807, 2.05) is 30.3 Å². The van der Waals surface area contributed by atoms with Crippen LogP contribution in [-0.4, -0.2) is 8.42 Å². The van der Waals surface area contributed by atoms with Gasteiger partial charge in [-0.3, -0.25) is 4.72 Å². The molecule has 0 amide bonds. The van der Waals surface area contributed by atoms with E-state index in [4.69, 9.17) is 11.6 Å². The lowest BCUT2D eigenvalue weighted by Crippen LogP contribution is -2.23. The van der Waals surface area contributed by atoms with Crippen molar-refractivity contribution in [3.05, 3.63) is 83.0 Å². The molecule has 0 radical (unpaired) electrons. The largest absolute Gasteiger partial charge is 0.279 e. The van der Waals surface area contributed by atoms with E-state index in [0.29, 0.717) is 10.7 Å². The van der Waals surface area contributed by atoms with E-state index in [1.54, 1.807) is 30.3 Å². The van der Waals surface area contributed by atoms with Crippen LogP contribution in [0.25, 0.3) is 5.57 Å². The first-order chi connectivity index (χ1) is 12.4. The van der Waals surface area contributed by atoms with Gasteiger partial charge in [0, 0.05) is 16.0 Å². The molecule has 5 heteroatoms. The van der Waals surface area contributed by atoms with Crippen molar-refractivity contribution < 1.29 is 8.42 Å². The summed E-state index contributed by atoms with van der Waals surface area (Å²) in [5.41, 5.74) is 2.31. The fraction of sp³-hybridized carbons (Fsp3) is 0.238. The number of hydrogen-bond donors (Lipinski definition) is 1. The number of benzene rings is 2. The summed E-state index contributed by atoms with van der Waals surface area (Å²) in [5, 5.41) is 0.653. The summed E-state index contributed by atoms with van der Waals surface area (Å²) in [5.74, 6) is 0. The number of rotatable bonds is 6. The van der Waals surface area contributed by atoms with Gasteiger partial charge in [0.15, 0.2) is 0 Å². The number of allylic oxidation sites excluding steroid dienone is 3. The summed E-state index contributed by atoms with van der Waals surface area (Å²) in [6, 6.07) is 15.9. The van der Waals surface area contributed by atoms with Crippen molar-refractivity contribution in [1.82, 2.24) is 4.72 Å². The van der Waals surface area contributed by atoms with Gasteiger partial charge in [0.1, 0.15) is 0 Å². The molecule has 26 heavy (non-hydrogen) atoms. The highest BCUT2D eigenvalue weighted by atomic mass is 35.5. The highest BCUT2D eigenvalue weighted by Gasteiger charge is 2.32. The van der Waals surface area contributed by atoms with E-state index in [1.165, 1.54) is 0 Å². The lowest BCUT2D eigenvalue weighted by molar-refractivity contribution is 0.461. The molecule has 136 valence electrons. The average molecular weight is 388 g/mol. The van der Waals surface area contributed by atoms with Gasteiger partial charge in [0.2, 0.25) is 0 Å². The summed E-state index contributed by atoms with van der Waals surface area (Å²) in [4.78, 5) is 0.252. The molecule has 3 rings (SSSR count). The fourth-order valence-electron chi connectivity index (χ4n) is 3.19. The van der Waals surface area contributed by atoms with Crippen LogP contribution in [-0.2, 0) is 10.0 Å². The molecule has 0 atom stereocenters. The van der Waals surface area contributed by atoms with Crippen LogP contribution in [0.5, 0.6) is 0 Å². The molecule has 3 nitrogen and oxygen atoms in total. The molecule has 0 spiro atoms. The zero-order valence-corrected chi connectivity index (χ0v) is 16.4. The number of hydrogen-bond acceptors (Lipinski definition) is 2. The Morgan fingerprint density at radius 3 is 2.12 bits per heavy atom. The summed E-state index contributed by atoms with van der Waals surface area (Å²) >= 11 is 6.01. The molecule has 0 unspecified atom stereocenters. The quantitative estimate of drug-likeness (QED) is 0.720. The van der Waals surface area contributed by atoms with E-state index in [9.17, 15) is 8.42 Å². The second-order valence-electron chi connectivity index (χ2n) is 6.48. The van der Waals surface area contributed by atoms with Crippen LogP contribution >= 0.6 is 11.6 Å². The van der Waals surface area contributed by atoms with Crippen molar-refractivity contribution in [1.29, 1.82) is 0 Å². The molecule has 0 aliphatic heterocycles. The Hall–Kier alpha value is -2.04. The first kappa shape index (κ1) is 18.7. The van der Waals surface area contributed by atoms with Crippen LogP contribution < -0.4 is 4.72 Å². The Balaban J connectivity index is 2.03. The van der Waals surface area contributed by atoms with Crippen molar-refractivity contribution in [3.8, 4) is 0 Å². The van der Waals surface area contributed by atoms with Crippen LogP contribution in [0.15, 0.2) is 77.3 Å². The van der Waals surface area contributed by atoms with Gasteiger partial charge in [-0.15, -0.1) is 0 Å². The van der Waals surface area contributed by atoms with Gasteiger partial charge in [0.05, 0.1) is 10.6 Å². The van der Waals surface area contributed by atoms with E-state index >= 15 is 0 Å². The van der Waals surface area contributed by atoms with Crippen LogP contribution in [0.4, 0.5) is 0 Å². The molecule has 0 fully saturated rings. The van der Waals surface area contributed by atoms with Gasteiger partial charge in [-0.1, -0.05) is 61.9 Å². The summed E-state index contributed by atoms with van der Waals surface area (Å²) in [6.07, 6.45) is 6.00. The molecule has 0 bridgehead atoms. The normalized spacial score (nSPS) is 16.1. The Bertz CT molecular complexity index is 941. The molecule has 0 heterocycles. The SMILES string of the molecule is CCC1(CC)C=C(NS(=O)(=O)c2ccccc2)C(c2ccc(Cl)cc2)=C1. The third kappa shape index (κ3) is 3.71. The molecule has 0 aromatic heterocycles. The second-order valence-corrected chi connectivity index (χ2v) is 8.60. The molecular weight excluding hydrogens is 366 g/mol. The maximum absolute atomic E-state index is 12.8. The maximum atomic E-state index is 12.8. The Morgan fingerprint density at radius 1 is 0.923 bits per heavy atom. The summed E-state index contributed by atoms with van der Waals surface area (Å²) < 4.78 is 28.4. The van der Waals surface area contributed by atoms with Gasteiger partial charge in [-0.2, -0.15) is 0 Å². The Kier molecular flexibility index (Phi) is 5.26. The zero-order valence-electron chi connectivity index (χ0n) is 14.9. The topological polar surface area (TPSA) is 46.2 Å². The van der Waals surface area contributed by atoms with Crippen molar-refractivity contribution in [2.75, 3.05) is 0 Å². The standard InChI is InChI=1S/C21H22ClNO2S/c1-3-21(4-2)14-19(16-10-12-17(22)13-11-16)20(15-21)23-26(24,25)18-8-6-5-7-9-18/h5-15,23H,3-4H2,1-2H3. The second kappa shape index (κ2) is 7.29. The van der Waals surface area contributed by atoms with Crippen LogP contribution in [0.1, 0.15) is 32.3 Å². The molecule has 2 aromatic rings. The number of halogens is 1. The van der Waals surface area contributed by atoms with Crippen LogP contribution in [0, 0.1) is 5.41 Å². The van der Waals surface area contributed by atoms with Crippen molar-refractivity contribution in [2.24, 2.45) is 5.41 Å². The number of nitrogens with one attached hydrogen (secondary N) is 1. The van der Waals surface area contributed by atoms with Crippen molar-refractivity contribution in [2.45, 2.75) is 31.6 Å². The van der Waals surface area contributed by atoms with Crippen molar-refractivity contribution in [3.63, 3.8) is 0 Å². The minimum absolute atomic E-state index is 0.149. The van der Waals surface area contributed by atoms with E-state index < -0.39 is 10.0 Å². The minimum atomic E-state index is -3.64. The van der Waals surface area contributed by atoms with Gasteiger partial charge >= 0.3 is 0 Å². The zero-order chi connectivity index (χ0) is 18.8. The minimum Gasteiger partial charge on any atom is -0.279 e. The maximum Gasteiger partial charge on any atom is 0.261 e. The monoisotopic (exact) mass is 387 g/mol. The molecule has 1 N–H and O–H groups in total. The Labute approximate surface area is 160 Å². The van der Waals surface area contributed by atoms with Crippen molar-refractivity contribution >= 4 is 27.2 Å². The average Bonchev–Trinajstić information content (AvgIpc) is 3.02. The number of sulfonamides is 1. The predicted molar refractivity (Wildman–Crippen MR) is 107 cm³/mol. The lowest BCUT2D eigenvalue weighted by Gasteiger charge is -2.20. The highest BCUT2D eigenvalue weighted by molar-refractivity contribution is 7.89. The molecule has 0 saturated carbocycles. The van der Waals surface area contributed by atoms with Crippen LogP contribution in [0.2, 0.25) is 5.02 Å². The van der Waals surface area contributed by atoms with Gasteiger partial charge in [-0.25, -0.2) is 8.42 Å². The first-order valence-corrected chi connectivity index (χ1v) is 10.5. The molecule has 1 aliphatic rings. The first-order valence-electron chi connectivity index (χ1n) is 8.69. The molecule has 1 aliphatic carbocycles. The van der Waals surface area contributed by atoms with E-state index in [0.717, 1.165) is 24.0 Å². The van der Waals surface area contributed by atoms with E-state index in [-0.39, 0.29) is 10.3 Å². The third-order valence-corrected chi connectivity index (χ3v) is 6.56. The van der Waals surface area contributed by atoms with Gasteiger partial charge in [-0.05, 0) is 48.7 Å². The molecule has 0 saturated heterocycles. The summed E-state index contributed by atoms with van der Waals surface area (Å²) in [6.45, 7) is 4.23. The fourth-order valence-corrected chi connectivity index (χ4v) is 4.40. The van der Waals surface area contributed by atoms with Crippen LogP contribution in [0.3, 0.4) is 0 Å². The Morgan fingerprint density at radius 2 is 1.54 bits per heavy atom. The smallest absolute Gasteiger partial charge is 0.261 e. The van der Waals surface area contributed by atoms with Gasteiger partial charge in [0.25, 0.3) is 10.0 Å². The highest BCUT2D eigenvalue weighted by Crippen LogP contribution is 2.43. The lowest BCUT2D eigenvalue weighted by atomic mass is 9.84. The van der Waals surface area contributed by atoms with E-state index in [2.05, 4.69) is 24.6 Å². The third-order valence-electron chi connectivity index (χ3n) is 4.92. The molecule has 2 aromatic carbocycles. The predicted octanol–water partition coefficient (Wildman–Crippen LogP) is 5.41. The summed E-state index contributed by atoms with van der Waals surface area (Å²) in [7, 11) is -3.64. The van der Waals surface area contributed by atoms with Gasteiger partial charge < -0.3 is 0 Å². The molecular formula is C21H22ClNO2S.